The monoisotopic (exact) mass is 272 g/mol. The molecule has 0 saturated carbocycles. The molecule has 0 aliphatic carbocycles. The second-order valence-corrected chi connectivity index (χ2v) is 3.75. The van der Waals surface area contributed by atoms with Crippen LogP contribution in [0.5, 0.6) is 0 Å². The molecule has 0 atom stereocenters. The fourth-order valence-electron chi connectivity index (χ4n) is 0.875. The first-order valence-electron chi connectivity index (χ1n) is 3.57. The predicted octanol–water partition coefficient (Wildman–Crippen LogP) is 3.05. The van der Waals surface area contributed by atoms with Gasteiger partial charge in [-0.3, -0.25) is 4.79 Å². The summed E-state index contributed by atoms with van der Waals surface area (Å²) in [6.07, 6.45) is 0. The summed E-state index contributed by atoms with van der Waals surface area (Å²) in [5.74, 6) is 0.0278. The van der Waals surface area contributed by atoms with E-state index in [4.69, 9.17) is 0 Å². The van der Waals surface area contributed by atoms with E-state index in [9.17, 15) is 4.79 Å². The Morgan fingerprint density at radius 1 is 1.42 bits per heavy atom. The van der Waals surface area contributed by atoms with Gasteiger partial charge in [0.1, 0.15) is 0 Å². The van der Waals surface area contributed by atoms with E-state index in [0.717, 1.165) is 9.13 Å². The third kappa shape index (κ3) is 1.94. The SMILES string of the molecule is C=C(C)C(=O)c1ccccc1I. The summed E-state index contributed by atoms with van der Waals surface area (Å²) in [6.45, 7) is 5.35. The fourth-order valence-corrected chi connectivity index (χ4v) is 1.51. The summed E-state index contributed by atoms with van der Waals surface area (Å²) in [7, 11) is 0. The lowest BCUT2D eigenvalue weighted by atomic mass is 10.1. The van der Waals surface area contributed by atoms with Gasteiger partial charge < -0.3 is 0 Å². The molecule has 1 aromatic rings. The Hall–Kier alpha value is -0.640. The van der Waals surface area contributed by atoms with Crippen LogP contribution in [0.2, 0.25) is 0 Å². The molecule has 1 rings (SSSR count). The molecule has 0 spiro atoms. The maximum absolute atomic E-state index is 11.5. The lowest BCUT2D eigenvalue weighted by Crippen LogP contribution is -2.01. The van der Waals surface area contributed by atoms with E-state index in [-0.39, 0.29) is 5.78 Å². The van der Waals surface area contributed by atoms with Gasteiger partial charge in [-0.05, 0) is 47.2 Å². The first kappa shape index (κ1) is 9.45. The van der Waals surface area contributed by atoms with Crippen LogP contribution >= 0.6 is 22.6 Å². The Labute approximate surface area is 85.6 Å². The van der Waals surface area contributed by atoms with Gasteiger partial charge in [0.05, 0.1) is 0 Å². The predicted molar refractivity (Wildman–Crippen MR) is 58.3 cm³/mol. The molecule has 0 bridgehead atoms. The lowest BCUT2D eigenvalue weighted by Gasteiger charge is -2.01. The van der Waals surface area contributed by atoms with E-state index in [0.29, 0.717) is 5.57 Å². The van der Waals surface area contributed by atoms with Crippen LogP contribution in [0.3, 0.4) is 0 Å². The van der Waals surface area contributed by atoms with Gasteiger partial charge >= 0.3 is 0 Å². The molecule has 0 aliphatic rings. The molecule has 0 amide bonds. The molecule has 0 saturated heterocycles. The van der Waals surface area contributed by atoms with Crippen molar-refractivity contribution in [1.82, 2.24) is 0 Å². The second-order valence-electron chi connectivity index (χ2n) is 2.59. The second kappa shape index (κ2) is 3.85. The van der Waals surface area contributed by atoms with Crippen LogP contribution in [0.1, 0.15) is 17.3 Å². The molecule has 1 aromatic carbocycles. The molecule has 0 heterocycles. The highest BCUT2D eigenvalue weighted by Gasteiger charge is 2.08. The van der Waals surface area contributed by atoms with Crippen molar-refractivity contribution >= 4 is 28.4 Å². The van der Waals surface area contributed by atoms with E-state index in [2.05, 4.69) is 29.2 Å². The summed E-state index contributed by atoms with van der Waals surface area (Å²) in [4.78, 5) is 11.5. The first-order valence-corrected chi connectivity index (χ1v) is 4.65. The van der Waals surface area contributed by atoms with Crippen LogP contribution in [0.15, 0.2) is 36.4 Å². The molecule has 0 aliphatic heterocycles. The standard InChI is InChI=1S/C10H9IO/c1-7(2)10(12)8-5-3-4-6-9(8)11/h3-6H,1H2,2H3. The van der Waals surface area contributed by atoms with Crippen molar-refractivity contribution in [1.29, 1.82) is 0 Å². The molecule has 0 aromatic heterocycles. The quantitative estimate of drug-likeness (QED) is 0.459. The summed E-state index contributed by atoms with van der Waals surface area (Å²) in [5.41, 5.74) is 1.32. The van der Waals surface area contributed by atoms with Gasteiger partial charge in [-0.15, -0.1) is 0 Å². The average molecular weight is 272 g/mol. The number of Topliss-reactive ketones (excluding diaryl/α,β-unsaturated/α-hetero) is 1. The zero-order valence-corrected chi connectivity index (χ0v) is 8.96. The molecule has 1 nitrogen and oxygen atoms in total. The molecule has 0 fully saturated rings. The maximum Gasteiger partial charge on any atom is 0.189 e. The summed E-state index contributed by atoms with van der Waals surface area (Å²) in [5, 5.41) is 0. The number of halogens is 1. The van der Waals surface area contributed by atoms with Crippen LogP contribution in [0, 0.1) is 3.57 Å². The Bertz CT molecular complexity index is 328. The number of rotatable bonds is 2. The third-order valence-corrected chi connectivity index (χ3v) is 2.45. The van der Waals surface area contributed by atoms with Crippen LogP contribution in [-0.4, -0.2) is 5.78 Å². The van der Waals surface area contributed by atoms with Crippen LogP contribution in [-0.2, 0) is 0 Å². The summed E-state index contributed by atoms with van der Waals surface area (Å²) >= 11 is 2.15. The minimum atomic E-state index is 0.0278. The van der Waals surface area contributed by atoms with Crippen molar-refractivity contribution in [2.45, 2.75) is 6.92 Å². The Kier molecular flexibility index (Phi) is 3.03. The Morgan fingerprint density at radius 3 is 2.50 bits per heavy atom. The van der Waals surface area contributed by atoms with Crippen LogP contribution < -0.4 is 0 Å². The molecule has 2 heteroatoms. The highest BCUT2D eigenvalue weighted by atomic mass is 127. The molecule has 62 valence electrons. The van der Waals surface area contributed by atoms with Crippen LogP contribution in [0.25, 0.3) is 0 Å². The average Bonchev–Trinajstić information content (AvgIpc) is 2.04. The van der Waals surface area contributed by atoms with E-state index in [1.54, 1.807) is 6.92 Å². The minimum Gasteiger partial charge on any atom is -0.289 e. The zero-order chi connectivity index (χ0) is 9.14. The van der Waals surface area contributed by atoms with Crippen molar-refractivity contribution in [2.24, 2.45) is 0 Å². The fraction of sp³-hybridized carbons (Fsp3) is 0.100. The van der Waals surface area contributed by atoms with Crippen molar-refractivity contribution in [3.05, 3.63) is 45.6 Å². The number of allylic oxidation sites excluding steroid dienone is 1. The van der Waals surface area contributed by atoms with E-state index in [1.165, 1.54) is 0 Å². The number of hydrogen-bond donors (Lipinski definition) is 0. The molecule has 0 unspecified atom stereocenters. The number of carbonyl (C=O) groups excluding carboxylic acids is 1. The Morgan fingerprint density at radius 2 is 2.00 bits per heavy atom. The van der Waals surface area contributed by atoms with Gasteiger partial charge in [-0.25, -0.2) is 0 Å². The summed E-state index contributed by atoms with van der Waals surface area (Å²) in [6, 6.07) is 7.50. The molecular formula is C10H9IO. The minimum absolute atomic E-state index is 0.0278. The van der Waals surface area contributed by atoms with E-state index < -0.39 is 0 Å². The van der Waals surface area contributed by atoms with E-state index in [1.807, 2.05) is 24.3 Å². The Balaban J connectivity index is 3.11. The van der Waals surface area contributed by atoms with Crippen molar-refractivity contribution in [3.8, 4) is 0 Å². The highest BCUT2D eigenvalue weighted by Crippen LogP contribution is 2.14. The van der Waals surface area contributed by atoms with Crippen molar-refractivity contribution in [2.75, 3.05) is 0 Å². The maximum atomic E-state index is 11.5. The topological polar surface area (TPSA) is 17.1 Å². The lowest BCUT2D eigenvalue weighted by molar-refractivity contribution is 0.103. The summed E-state index contributed by atoms with van der Waals surface area (Å²) < 4.78 is 0.975. The number of hydrogen-bond acceptors (Lipinski definition) is 1. The van der Waals surface area contributed by atoms with Crippen LogP contribution in [0.4, 0.5) is 0 Å². The van der Waals surface area contributed by atoms with E-state index >= 15 is 0 Å². The number of carbonyl (C=O) groups is 1. The van der Waals surface area contributed by atoms with Crippen molar-refractivity contribution < 1.29 is 4.79 Å². The van der Waals surface area contributed by atoms with Gasteiger partial charge in [0, 0.05) is 9.13 Å². The largest absolute Gasteiger partial charge is 0.289 e. The highest BCUT2D eigenvalue weighted by molar-refractivity contribution is 14.1. The van der Waals surface area contributed by atoms with Crippen molar-refractivity contribution in [3.63, 3.8) is 0 Å². The molecule has 12 heavy (non-hydrogen) atoms. The van der Waals surface area contributed by atoms with Gasteiger partial charge in [0.25, 0.3) is 0 Å². The van der Waals surface area contributed by atoms with Gasteiger partial charge in [0.15, 0.2) is 5.78 Å². The van der Waals surface area contributed by atoms with Gasteiger partial charge in [0.2, 0.25) is 0 Å². The smallest absolute Gasteiger partial charge is 0.189 e. The normalized spacial score (nSPS) is 9.50. The molecule has 0 N–H and O–H groups in total. The first-order chi connectivity index (χ1) is 5.63. The zero-order valence-electron chi connectivity index (χ0n) is 6.80. The van der Waals surface area contributed by atoms with Gasteiger partial charge in [-0.1, -0.05) is 18.7 Å². The molecule has 0 radical (unpaired) electrons. The number of ketones is 1. The number of benzene rings is 1. The molecular weight excluding hydrogens is 263 g/mol. The third-order valence-electron chi connectivity index (χ3n) is 1.51. The van der Waals surface area contributed by atoms with Gasteiger partial charge in [-0.2, -0.15) is 0 Å².